The molecular formula is C13H20N2O. The van der Waals surface area contributed by atoms with Crippen LogP contribution in [0.5, 0.6) is 5.88 Å². The molecule has 1 aliphatic carbocycles. The van der Waals surface area contributed by atoms with Crippen molar-refractivity contribution in [1.29, 1.82) is 0 Å². The van der Waals surface area contributed by atoms with Crippen LogP contribution in [-0.4, -0.2) is 16.1 Å². The van der Waals surface area contributed by atoms with Crippen molar-refractivity contribution in [1.82, 2.24) is 9.97 Å². The van der Waals surface area contributed by atoms with Crippen molar-refractivity contribution < 1.29 is 4.74 Å². The van der Waals surface area contributed by atoms with Gasteiger partial charge in [0, 0.05) is 11.5 Å². The van der Waals surface area contributed by atoms with Gasteiger partial charge < -0.3 is 4.74 Å². The lowest BCUT2D eigenvalue weighted by Gasteiger charge is -2.17. The van der Waals surface area contributed by atoms with E-state index in [9.17, 15) is 0 Å². The molecule has 2 rings (SSSR count). The topological polar surface area (TPSA) is 35.0 Å². The summed E-state index contributed by atoms with van der Waals surface area (Å²) in [5.74, 6) is 1.85. The number of hydrogen-bond donors (Lipinski definition) is 0. The summed E-state index contributed by atoms with van der Waals surface area (Å²) in [7, 11) is 0. The van der Waals surface area contributed by atoms with Gasteiger partial charge in [-0.1, -0.05) is 13.8 Å². The summed E-state index contributed by atoms with van der Waals surface area (Å²) in [6, 6.07) is 0. The molecular weight excluding hydrogens is 200 g/mol. The van der Waals surface area contributed by atoms with Crippen molar-refractivity contribution >= 4 is 0 Å². The quantitative estimate of drug-likeness (QED) is 0.781. The first-order valence-corrected chi connectivity index (χ1v) is 6.11. The van der Waals surface area contributed by atoms with E-state index in [0.29, 0.717) is 11.8 Å². The van der Waals surface area contributed by atoms with E-state index in [1.165, 1.54) is 24.1 Å². The van der Waals surface area contributed by atoms with Crippen molar-refractivity contribution in [3.8, 4) is 5.88 Å². The molecule has 1 saturated carbocycles. The molecule has 0 aromatic carbocycles. The first kappa shape index (κ1) is 11.4. The maximum Gasteiger partial charge on any atom is 0.220 e. The van der Waals surface area contributed by atoms with Crippen molar-refractivity contribution in [2.75, 3.05) is 0 Å². The lowest BCUT2D eigenvalue weighted by atomic mass is 10.00. The molecule has 16 heavy (non-hydrogen) atoms. The zero-order chi connectivity index (χ0) is 11.7. The molecule has 0 radical (unpaired) electrons. The maximum absolute atomic E-state index is 5.77. The summed E-state index contributed by atoms with van der Waals surface area (Å²) in [5, 5.41) is 0. The van der Waals surface area contributed by atoms with Crippen molar-refractivity contribution in [3.63, 3.8) is 0 Å². The Kier molecular flexibility index (Phi) is 3.13. The molecule has 0 amide bonds. The Morgan fingerprint density at radius 1 is 1.19 bits per heavy atom. The Balaban J connectivity index is 2.38. The highest BCUT2D eigenvalue weighted by molar-refractivity contribution is 5.36. The third-order valence-corrected chi connectivity index (χ3v) is 2.77. The second-order valence-corrected chi connectivity index (χ2v) is 5.07. The van der Waals surface area contributed by atoms with Gasteiger partial charge in [-0.25, -0.2) is 9.97 Å². The van der Waals surface area contributed by atoms with Crippen LogP contribution in [0.3, 0.4) is 0 Å². The standard InChI is InChI=1S/C13H20N2O/c1-8(2)11-12(10-5-6-10)14-7-15-13(11)16-9(3)4/h7-10H,5-6H2,1-4H3. The lowest BCUT2D eigenvalue weighted by Crippen LogP contribution is -2.12. The van der Waals surface area contributed by atoms with Crippen molar-refractivity contribution in [2.24, 2.45) is 0 Å². The van der Waals surface area contributed by atoms with Crippen LogP contribution < -0.4 is 4.74 Å². The van der Waals surface area contributed by atoms with E-state index in [-0.39, 0.29) is 6.10 Å². The van der Waals surface area contributed by atoms with Gasteiger partial charge in [-0.15, -0.1) is 0 Å². The predicted molar refractivity (Wildman–Crippen MR) is 63.9 cm³/mol. The largest absolute Gasteiger partial charge is 0.475 e. The summed E-state index contributed by atoms with van der Waals surface area (Å²) >= 11 is 0. The predicted octanol–water partition coefficient (Wildman–Crippen LogP) is 3.26. The smallest absolute Gasteiger partial charge is 0.220 e. The molecule has 1 fully saturated rings. The molecule has 3 nitrogen and oxygen atoms in total. The molecule has 0 unspecified atom stereocenters. The number of aromatic nitrogens is 2. The molecule has 0 spiro atoms. The second kappa shape index (κ2) is 4.40. The van der Waals surface area contributed by atoms with Crippen molar-refractivity contribution in [2.45, 2.75) is 58.5 Å². The van der Waals surface area contributed by atoms with E-state index in [4.69, 9.17) is 4.74 Å². The van der Waals surface area contributed by atoms with E-state index in [0.717, 1.165) is 5.88 Å². The minimum Gasteiger partial charge on any atom is -0.475 e. The molecule has 0 aliphatic heterocycles. The second-order valence-electron chi connectivity index (χ2n) is 5.07. The Labute approximate surface area is 97.3 Å². The minimum atomic E-state index is 0.166. The molecule has 1 heterocycles. The molecule has 3 heteroatoms. The van der Waals surface area contributed by atoms with Gasteiger partial charge in [-0.2, -0.15) is 0 Å². The van der Waals surface area contributed by atoms with Crippen LogP contribution in [-0.2, 0) is 0 Å². The summed E-state index contributed by atoms with van der Waals surface area (Å²) in [6.45, 7) is 8.42. The lowest BCUT2D eigenvalue weighted by molar-refractivity contribution is 0.228. The van der Waals surface area contributed by atoms with Gasteiger partial charge >= 0.3 is 0 Å². The van der Waals surface area contributed by atoms with Gasteiger partial charge in [0.1, 0.15) is 6.33 Å². The summed E-state index contributed by atoms with van der Waals surface area (Å²) in [6.07, 6.45) is 4.33. The molecule has 0 bridgehead atoms. The third kappa shape index (κ3) is 2.34. The highest BCUT2D eigenvalue weighted by Gasteiger charge is 2.30. The van der Waals surface area contributed by atoms with Crippen LogP contribution in [0.1, 0.15) is 63.6 Å². The molecule has 0 N–H and O–H groups in total. The van der Waals surface area contributed by atoms with Crippen LogP contribution in [0.4, 0.5) is 0 Å². The molecule has 1 aromatic heterocycles. The molecule has 88 valence electrons. The van der Waals surface area contributed by atoms with Crippen LogP contribution in [0.25, 0.3) is 0 Å². The van der Waals surface area contributed by atoms with Crippen LogP contribution in [0, 0.1) is 0 Å². The van der Waals surface area contributed by atoms with Gasteiger partial charge in [0.2, 0.25) is 5.88 Å². The third-order valence-electron chi connectivity index (χ3n) is 2.77. The number of nitrogens with zero attached hydrogens (tertiary/aromatic N) is 2. The van der Waals surface area contributed by atoms with Gasteiger partial charge in [0.25, 0.3) is 0 Å². The van der Waals surface area contributed by atoms with Crippen LogP contribution in [0.2, 0.25) is 0 Å². The average molecular weight is 220 g/mol. The zero-order valence-corrected chi connectivity index (χ0v) is 10.5. The van der Waals surface area contributed by atoms with Crippen LogP contribution >= 0.6 is 0 Å². The fourth-order valence-electron chi connectivity index (χ4n) is 1.93. The Morgan fingerprint density at radius 2 is 1.88 bits per heavy atom. The first-order chi connectivity index (χ1) is 7.59. The van der Waals surface area contributed by atoms with E-state index >= 15 is 0 Å². The summed E-state index contributed by atoms with van der Waals surface area (Å²) in [5.41, 5.74) is 2.42. The SMILES string of the molecule is CC(C)Oc1ncnc(C2CC2)c1C(C)C. The average Bonchev–Trinajstić information content (AvgIpc) is 2.98. The zero-order valence-electron chi connectivity index (χ0n) is 10.5. The number of ether oxygens (including phenoxy) is 1. The summed E-state index contributed by atoms with van der Waals surface area (Å²) in [4.78, 5) is 8.72. The number of hydrogen-bond acceptors (Lipinski definition) is 3. The summed E-state index contributed by atoms with van der Waals surface area (Å²) < 4.78 is 5.77. The normalized spacial score (nSPS) is 15.9. The highest BCUT2D eigenvalue weighted by Crippen LogP contribution is 2.44. The minimum absolute atomic E-state index is 0.166. The Hall–Kier alpha value is -1.12. The van der Waals surface area contributed by atoms with E-state index < -0.39 is 0 Å². The number of rotatable bonds is 4. The molecule has 0 atom stereocenters. The first-order valence-electron chi connectivity index (χ1n) is 6.11. The molecule has 1 aliphatic rings. The fourth-order valence-corrected chi connectivity index (χ4v) is 1.93. The molecule has 1 aromatic rings. The van der Waals surface area contributed by atoms with Gasteiger partial charge in [0.05, 0.1) is 11.8 Å². The maximum atomic E-state index is 5.77. The van der Waals surface area contributed by atoms with Crippen molar-refractivity contribution in [3.05, 3.63) is 17.6 Å². The fraction of sp³-hybridized carbons (Fsp3) is 0.692. The highest BCUT2D eigenvalue weighted by atomic mass is 16.5. The Morgan fingerprint density at radius 3 is 2.38 bits per heavy atom. The molecule has 0 saturated heterocycles. The van der Waals surface area contributed by atoms with Gasteiger partial charge in [0.15, 0.2) is 0 Å². The van der Waals surface area contributed by atoms with E-state index in [1.807, 2.05) is 13.8 Å². The van der Waals surface area contributed by atoms with E-state index in [2.05, 4.69) is 23.8 Å². The van der Waals surface area contributed by atoms with E-state index in [1.54, 1.807) is 6.33 Å². The van der Waals surface area contributed by atoms with Crippen LogP contribution in [0.15, 0.2) is 6.33 Å². The monoisotopic (exact) mass is 220 g/mol. The van der Waals surface area contributed by atoms with Gasteiger partial charge in [-0.05, 0) is 32.6 Å². The van der Waals surface area contributed by atoms with Gasteiger partial charge in [-0.3, -0.25) is 0 Å². The Bertz CT molecular complexity index is 370.